The highest BCUT2D eigenvalue weighted by atomic mass is 16.6. The number of hydrogen-bond donors (Lipinski definition) is 1. The van der Waals surface area contributed by atoms with Gasteiger partial charge in [-0.1, -0.05) is 6.07 Å². The molecule has 3 unspecified atom stereocenters. The van der Waals surface area contributed by atoms with E-state index < -0.39 is 17.1 Å². The van der Waals surface area contributed by atoms with Gasteiger partial charge in [0.05, 0.1) is 11.0 Å². The molecule has 2 rings (SSSR count). The molecule has 1 aromatic carbocycles. The van der Waals surface area contributed by atoms with Gasteiger partial charge in [0.2, 0.25) is 0 Å². The molecule has 0 aliphatic heterocycles. The van der Waals surface area contributed by atoms with Crippen LogP contribution in [0.4, 0.5) is 5.69 Å². The first-order valence-electron chi connectivity index (χ1n) is 6.24. The smallest absolute Gasteiger partial charge is 0.310 e. The van der Waals surface area contributed by atoms with Crippen LogP contribution in [-0.2, 0) is 4.74 Å². The first kappa shape index (κ1) is 13.8. The van der Waals surface area contributed by atoms with Crippen LogP contribution >= 0.6 is 0 Å². The number of hydrogen-bond acceptors (Lipinski definition) is 5. The summed E-state index contributed by atoms with van der Waals surface area (Å²) in [6, 6.07) is 4.72. The van der Waals surface area contributed by atoms with Crippen molar-refractivity contribution in [2.45, 2.75) is 38.6 Å². The van der Waals surface area contributed by atoms with Gasteiger partial charge in [-0.25, -0.2) is 0 Å². The summed E-state index contributed by atoms with van der Waals surface area (Å²) in [5.41, 5.74) is 0.815. The van der Waals surface area contributed by atoms with E-state index in [1.165, 1.54) is 6.07 Å². The molecular formula is C13H17NO5. The molecule has 6 nitrogen and oxygen atoms in total. The zero-order valence-electron chi connectivity index (χ0n) is 10.9. The first-order valence-corrected chi connectivity index (χ1v) is 6.24. The SMILES string of the molecule is CCOC1C(O)CC1Oc1cc(C)ccc1[N+](=O)[O-]. The molecular weight excluding hydrogens is 250 g/mol. The van der Waals surface area contributed by atoms with Crippen LogP contribution in [0.1, 0.15) is 18.9 Å². The zero-order chi connectivity index (χ0) is 14.0. The molecule has 1 aliphatic carbocycles. The van der Waals surface area contributed by atoms with E-state index in [-0.39, 0.29) is 17.5 Å². The van der Waals surface area contributed by atoms with E-state index >= 15 is 0 Å². The third-order valence-electron chi connectivity index (χ3n) is 3.17. The predicted octanol–water partition coefficient (Wildman–Crippen LogP) is 1.82. The molecule has 1 aliphatic rings. The Bertz CT molecular complexity index is 476. The molecule has 0 radical (unpaired) electrons. The van der Waals surface area contributed by atoms with Gasteiger partial charge in [-0.05, 0) is 25.5 Å². The molecule has 1 saturated carbocycles. The third kappa shape index (κ3) is 2.85. The molecule has 0 aromatic heterocycles. The standard InChI is InChI=1S/C13H17NO5/c1-3-18-13-10(15)7-12(13)19-11-6-8(2)4-5-9(11)14(16)17/h4-6,10,12-13,15H,3,7H2,1-2H3. The Balaban J connectivity index is 2.15. The monoisotopic (exact) mass is 267 g/mol. The van der Waals surface area contributed by atoms with Crippen LogP contribution < -0.4 is 4.74 Å². The Hall–Kier alpha value is -1.66. The summed E-state index contributed by atoms with van der Waals surface area (Å²) >= 11 is 0. The van der Waals surface area contributed by atoms with E-state index in [0.717, 1.165) is 5.56 Å². The van der Waals surface area contributed by atoms with Crippen LogP contribution in [0.15, 0.2) is 18.2 Å². The Morgan fingerprint density at radius 3 is 2.84 bits per heavy atom. The van der Waals surface area contributed by atoms with Gasteiger partial charge < -0.3 is 14.6 Å². The fourth-order valence-electron chi connectivity index (χ4n) is 2.11. The number of nitro benzene ring substituents is 1. The average Bonchev–Trinajstić information content (AvgIpc) is 2.35. The van der Waals surface area contributed by atoms with Crippen LogP contribution in [0.25, 0.3) is 0 Å². The van der Waals surface area contributed by atoms with Crippen molar-refractivity contribution in [1.29, 1.82) is 0 Å². The second kappa shape index (κ2) is 5.54. The lowest BCUT2D eigenvalue weighted by molar-refractivity contribution is -0.386. The molecule has 6 heteroatoms. The number of aliphatic hydroxyl groups excluding tert-OH is 1. The number of ether oxygens (including phenoxy) is 2. The minimum atomic E-state index is -0.561. The Morgan fingerprint density at radius 1 is 1.53 bits per heavy atom. The molecule has 0 saturated heterocycles. The molecule has 104 valence electrons. The van der Waals surface area contributed by atoms with Gasteiger partial charge in [0.25, 0.3) is 0 Å². The predicted molar refractivity (Wildman–Crippen MR) is 68.3 cm³/mol. The lowest BCUT2D eigenvalue weighted by Crippen LogP contribution is -2.55. The lowest BCUT2D eigenvalue weighted by Gasteiger charge is -2.40. The van der Waals surface area contributed by atoms with E-state index in [4.69, 9.17) is 9.47 Å². The number of benzene rings is 1. The van der Waals surface area contributed by atoms with Crippen LogP contribution in [0.2, 0.25) is 0 Å². The Morgan fingerprint density at radius 2 is 2.26 bits per heavy atom. The number of nitrogens with zero attached hydrogens (tertiary/aromatic N) is 1. The van der Waals surface area contributed by atoms with Crippen LogP contribution in [-0.4, -0.2) is 34.9 Å². The number of aryl methyl sites for hydroxylation is 1. The largest absolute Gasteiger partial charge is 0.481 e. The van der Waals surface area contributed by atoms with E-state index in [0.29, 0.717) is 13.0 Å². The van der Waals surface area contributed by atoms with Crippen molar-refractivity contribution in [2.75, 3.05) is 6.61 Å². The fraction of sp³-hybridized carbons (Fsp3) is 0.538. The minimum absolute atomic E-state index is 0.0674. The average molecular weight is 267 g/mol. The summed E-state index contributed by atoms with van der Waals surface area (Å²) < 4.78 is 11.0. The van der Waals surface area contributed by atoms with E-state index in [1.807, 2.05) is 13.8 Å². The Kier molecular flexibility index (Phi) is 4.01. The summed E-state index contributed by atoms with van der Waals surface area (Å²) in [5, 5.41) is 20.5. The molecule has 19 heavy (non-hydrogen) atoms. The Labute approximate surface area is 111 Å². The maximum atomic E-state index is 10.9. The van der Waals surface area contributed by atoms with E-state index in [9.17, 15) is 15.2 Å². The molecule has 1 aromatic rings. The quantitative estimate of drug-likeness (QED) is 0.650. The summed E-state index contributed by atoms with van der Waals surface area (Å²) in [5.74, 6) is 0.228. The molecule has 3 atom stereocenters. The minimum Gasteiger partial charge on any atom is -0.481 e. The van der Waals surface area contributed by atoms with Gasteiger partial charge in [-0.2, -0.15) is 0 Å². The maximum absolute atomic E-state index is 10.9. The number of nitro groups is 1. The highest BCUT2D eigenvalue weighted by molar-refractivity contribution is 5.48. The van der Waals surface area contributed by atoms with Gasteiger partial charge in [-0.15, -0.1) is 0 Å². The van der Waals surface area contributed by atoms with Gasteiger partial charge in [0, 0.05) is 19.1 Å². The summed E-state index contributed by atoms with van der Waals surface area (Å²) in [4.78, 5) is 10.5. The van der Waals surface area contributed by atoms with E-state index in [2.05, 4.69) is 0 Å². The summed E-state index contributed by atoms with van der Waals surface area (Å²) in [6.07, 6.45) is -0.884. The first-order chi connectivity index (χ1) is 9.02. The van der Waals surface area contributed by atoms with Crippen molar-refractivity contribution in [2.24, 2.45) is 0 Å². The normalized spacial score (nSPS) is 25.7. The topological polar surface area (TPSA) is 81.8 Å². The summed E-state index contributed by atoms with van der Waals surface area (Å²) in [6.45, 7) is 4.14. The second-order valence-corrected chi connectivity index (χ2v) is 4.61. The fourth-order valence-corrected chi connectivity index (χ4v) is 2.11. The van der Waals surface area contributed by atoms with Gasteiger partial charge in [-0.3, -0.25) is 10.1 Å². The zero-order valence-corrected chi connectivity index (χ0v) is 10.9. The summed E-state index contributed by atoms with van der Waals surface area (Å²) in [7, 11) is 0. The van der Waals surface area contributed by atoms with Crippen molar-refractivity contribution >= 4 is 5.69 Å². The van der Waals surface area contributed by atoms with Crippen LogP contribution in [0.5, 0.6) is 5.75 Å². The van der Waals surface area contributed by atoms with Crippen LogP contribution in [0.3, 0.4) is 0 Å². The third-order valence-corrected chi connectivity index (χ3v) is 3.17. The molecule has 1 N–H and O–H groups in total. The molecule has 0 bridgehead atoms. The van der Waals surface area contributed by atoms with Crippen molar-refractivity contribution in [3.63, 3.8) is 0 Å². The highest BCUT2D eigenvalue weighted by Crippen LogP contribution is 2.34. The maximum Gasteiger partial charge on any atom is 0.310 e. The van der Waals surface area contributed by atoms with Crippen molar-refractivity contribution in [3.8, 4) is 5.75 Å². The van der Waals surface area contributed by atoms with Crippen molar-refractivity contribution in [1.82, 2.24) is 0 Å². The van der Waals surface area contributed by atoms with Crippen molar-refractivity contribution < 1.29 is 19.5 Å². The molecule has 0 spiro atoms. The van der Waals surface area contributed by atoms with Crippen molar-refractivity contribution in [3.05, 3.63) is 33.9 Å². The van der Waals surface area contributed by atoms with Gasteiger partial charge in [0.1, 0.15) is 12.2 Å². The van der Waals surface area contributed by atoms with Gasteiger partial charge >= 0.3 is 5.69 Å². The van der Waals surface area contributed by atoms with Gasteiger partial charge in [0.15, 0.2) is 5.75 Å². The van der Waals surface area contributed by atoms with Crippen LogP contribution in [0, 0.1) is 17.0 Å². The second-order valence-electron chi connectivity index (χ2n) is 4.61. The number of rotatable bonds is 5. The molecule has 0 heterocycles. The molecule has 1 fully saturated rings. The lowest BCUT2D eigenvalue weighted by atomic mass is 9.88. The number of aliphatic hydroxyl groups is 1. The molecule has 0 amide bonds. The highest BCUT2D eigenvalue weighted by Gasteiger charge is 2.43. The van der Waals surface area contributed by atoms with E-state index in [1.54, 1.807) is 12.1 Å².